The monoisotopic (exact) mass is 368 g/mol. The fraction of sp³-hybridized carbons (Fsp3) is 0.400. The van der Waals surface area contributed by atoms with E-state index in [1.165, 1.54) is 0 Å². The van der Waals surface area contributed by atoms with Crippen LogP contribution in [0, 0.1) is 5.41 Å². The van der Waals surface area contributed by atoms with Crippen LogP contribution >= 0.6 is 34.3 Å². The van der Waals surface area contributed by atoms with E-state index < -0.39 is 5.41 Å². The lowest BCUT2D eigenvalue weighted by atomic mass is 9.95. The first-order chi connectivity index (χ1) is 11.0. The molecule has 122 valence electrons. The highest BCUT2D eigenvalue weighted by atomic mass is 35.5. The first-order valence-corrected chi connectivity index (χ1v) is 9.52. The number of aromatic nitrogens is 3. The summed E-state index contributed by atoms with van der Waals surface area (Å²) in [4.78, 5) is 18.5. The third kappa shape index (κ3) is 3.41. The van der Waals surface area contributed by atoms with Gasteiger partial charge in [0.25, 0.3) is 0 Å². The van der Waals surface area contributed by atoms with Crippen molar-refractivity contribution in [1.82, 2.24) is 19.9 Å². The van der Waals surface area contributed by atoms with Crippen molar-refractivity contribution in [2.45, 2.75) is 20.3 Å². The molecule has 3 heterocycles. The maximum atomic E-state index is 12.0. The van der Waals surface area contributed by atoms with Gasteiger partial charge in [-0.15, -0.1) is 39.4 Å². The van der Waals surface area contributed by atoms with Crippen molar-refractivity contribution in [3.05, 3.63) is 28.6 Å². The average molecular weight is 369 g/mol. The van der Waals surface area contributed by atoms with Gasteiger partial charge in [-0.2, -0.15) is 4.98 Å². The number of thiazole rings is 1. The molecule has 0 aliphatic heterocycles. The predicted molar refractivity (Wildman–Crippen MR) is 95.4 cm³/mol. The van der Waals surface area contributed by atoms with Crippen molar-refractivity contribution in [1.29, 1.82) is 0 Å². The van der Waals surface area contributed by atoms with Gasteiger partial charge in [0.2, 0.25) is 10.9 Å². The summed E-state index contributed by atoms with van der Waals surface area (Å²) in [7, 11) is 0. The third-order valence-corrected chi connectivity index (χ3v) is 5.91. The van der Waals surface area contributed by atoms with Gasteiger partial charge in [-0.05, 0) is 25.3 Å². The Kier molecular flexibility index (Phi) is 4.70. The number of fused-ring (bicyclic) bond motifs is 1. The van der Waals surface area contributed by atoms with Gasteiger partial charge in [0, 0.05) is 24.2 Å². The summed E-state index contributed by atoms with van der Waals surface area (Å²) in [6, 6.07) is 4.00. The number of thiophene rings is 1. The van der Waals surface area contributed by atoms with Crippen LogP contribution in [0.25, 0.3) is 15.7 Å². The molecule has 0 atom stereocenters. The zero-order chi connectivity index (χ0) is 16.4. The molecule has 5 nitrogen and oxygen atoms in total. The Morgan fingerprint density at radius 1 is 1.43 bits per heavy atom. The largest absolute Gasteiger partial charge is 0.355 e. The minimum Gasteiger partial charge on any atom is -0.355 e. The molecule has 0 bridgehead atoms. The number of hydrogen-bond acceptors (Lipinski definition) is 5. The smallest absolute Gasteiger partial charge is 0.226 e. The maximum Gasteiger partial charge on any atom is 0.226 e. The van der Waals surface area contributed by atoms with Gasteiger partial charge in [-0.3, -0.25) is 4.79 Å². The van der Waals surface area contributed by atoms with Gasteiger partial charge < -0.3 is 5.32 Å². The Bertz CT molecular complexity index is 807. The minimum absolute atomic E-state index is 0.0307. The summed E-state index contributed by atoms with van der Waals surface area (Å²) in [6.07, 6.45) is 0.706. The molecule has 1 amide bonds. The van der Waals surface area contributed by atoms with E-state index in [1.54, 1.807) is 22.7 Å². The molecule has 23 heavy (non-hydrogen) atoms. The summed E-state index contributed by atoms with van der Waals surface area (Å²) in [5.41, 5.74) is 0.495. The average Bonchev–Trinajstić information content (AvgIpc) is 3.24. The second-order valence-corrected chi connectivity index (χ2v) is 7.91. The van der Waals surface area contributed by atoms with E-state index in [4.69, 9.17) is 11.6 Å². The number of alkyl halides is 1. The second kappa shape index (κ2) is 6.59. The van der Waals surface area contributed by atoms with Crippen LogP contribution in [-0.4, -0.2) is 32.9 Å². The number of rotatable bonds is 6. The van der Waals surface area contributed by atoms with Crippen LogP contribution < -0.4 is 5.32 Å². The standard InChI is InChI=1S/C15H17ClN4OS2/c1-15(2,9-16)13(21)17-6-5-10-8-23-14-18-12(19-20(10)14)11-4-3-7-22-11/h3-4,7-8H,5-6,9H2,1-2H3,(H,17,21). The molecule has 0 saturated heterocycles. The Hall–Kier alpha value is -1.44. The third-order valence-electron chi connectivity index (χ3n) is 3.51. The highest BCUT2D eigenvalue weighted by Gasteiger charge is 2.26. The second-order valence-electron chi connectivity index (χ2n) is 5.86. The van der Waals surface area contributed by atoms with Crippen LogP contribution in [0.4, 0.5) is 0 Å². The molecule has 0 spiro atoms. The van der Waals surface area contributed by atoms with Gasteiger partial charge in [0.15, 0.2) is 5.82 Å². The number of amides is 1. The van der Waals surface area contributed by atoms with E-state index in [9.17, 15) is 4.79 Å². The molecular weight excluding hydrogens is 352 g/mol. The molecule has 3 aromatic heterocycles. The zero-order valence-electron chi connectivity index (χ0n) is 12.9. The van der Waals surface area contributed by atoms with Crippen molar-refractivity contribution in [3.8, 4) is 10.7 Å². The van der Waals surface area contributed by atoms with Gasteiger partial charge in [0.1, 0.15) is 0 Å². The van der Waals surface area contributed by atoms with Gasteiger partial charge in [-0.25, -0.2) is 4.52 Å². The van der Waals surface area contributed by atoms with E-state index in [2.05, 4.69) is 15.4 Å². The summed E-state index contributed by atoms with van der Waals surface area (Å²) >= 11 is 9.00. The quantitative estimate of drug-likeness (QED) is 0.678. The number of nitrogens with zero attached hydrogens (tertiary/aromatic N) is 3. The summed E-state index contributed by atoms with van der Waals surface area (Å²) in [5.74, 6) is 1.02. The van der Waals surface area contributed by atoms with Crippen molar-refractivity contribution in [2.75, 3.05) is 12.4 Å². The molecule has 0 aliphatic rings. The minimum atomic E-state index is -0.550. The molecule has 8 heteroatoms. The molecule has 1 N–H and O–H groups in total. The summed E-state index contributed by atoms with van der Waals surface area (Å²) in [5, 5.41) is 11.6. The Morgan fingerprint density at radius 3 is 2.96 bits per heavy atom. The van der Waals surface area contributed by atoms with Crippen LogP contribution in [0.15, 0.2) is 22.9 Å². The molecule has 0 unspecified atom stereocenters. The normalized spacial score (nSPS) is 12.0. The number of halogens is 1. The zero-order valence-corrected chi connectivity index (χ0v) is 15.3. The molecule has 0 fully saturated rings. The topological polar surface area (TPSA) is 59.3 Å². The predicted octanol–water partition coefficient (Wildman–Crippen LogP) is 3.44. The lowest BCUT2D eigenvalue weighted by Crippen LogP contribution is -2.39. The molecule has 0 aromatic carbocycles. The van der Waals surface area contributed by atoms with E-state index in [1.807, 2.05) is 41.3 Å². The summed E-state index contributed by atoms with van der Waals surface area (Å²) in [6.45, 7) is 4.23. The number of hydrogen-bond donors (Lipinski definition) is 1. The van der Waals surface area contributed by atoms with E-state index in [0.717, 1.165) is 21.4 Å². The van der Waals surface area contributed by atoms with E-state index in [-0.39, 0.29) is 5.91 Å². The van der Waals surface area contributed by atoms with Crippen LogP contribution in [0.1, 0.15) is 19.5 Å². The van der Waals surface area contributed by atoms with Crippen molar-refractivity contribution < 1.29 is 4.79 Å². The van der Waals surface area contributed by atoms with Crippen LogP contribution in [0.2, 0.25) is 0 Å². The maximum absolute atomic E-state index is 12.0. The molecular formula is C15H17ClN4OS2. The molecule has 0 radical (unpaired) electrons. The highest BCUT2D eigenvalue weighted by molar-refractivity contribution is 7.15. The highest BCUT2D eigenvalue weighted by Crippen LogP contribution is 2.24. The Labute approximate surface area is 147 Å². The number of nitrogens with one attached hydrogen (secondary N) is 1. The van der Waals surface area contributed by atoms with Crippen LogP contribution in [0.5, 0.6) is 0 Å². The van der Waals surface area contributed by atoms with Gasteiger partial charge in [-0.1, -0.05) is 6.07 Å². The van der Waals surface area contributed by atoms with Gasteiger partial charge in [0.05, 0.1) is 16.0 Å². The summed E-state index contributed by atoms with van der Waals surface area (Å²) < 4.78 is 1.86. The van der Waals surface area contributed by atoms with E-state index in [0.29, 0.717) is 18.8 Å². The van der Waals surface area contributed by atoms with Gasteiger partial charge >= 0.3 is 0 Å². The molecule has 3 aromatic rings. The number of carbonyl (C=O) groups excluding carboxylic acids is 1. The van der Waals surface area contributed by atoms with Crippen molar-refractivity contribution in [2.24, 2.45) is 5.41 Å². The Balaban J connectivity index is 1.68. The SMILES string of the molecule is CC(C)(CCl)C(=O)NCCc1csc2nc(-c3cccs3)nn12. The fourth-order valence-electron chi connectivity index (χ4n) is 2.01. The molecule has 0 saturated carbocycles. The van der Waals surface area contributed by atoms with Crippen LogP contribution in [0.3, 0.4) is 0 Å². The lowest BCUT2D eigenvalue weighted by Gasteiger charge is -2.20. The van der Waals surface area contributed by atoms with Crippen LogP contribution in [-0.2, 0) is 11.2 Å². The van der Waals surface area contributed by atoms with E-state index >= 15 is 0 Å². The lowest BCUT2D eigenvalue weighted by molar-refractivity contribution is -0.128. The molecule has 3 rings (SSSR count). The number of carbonyl (C=O) groups is 1. The van der Waals surface area contributed by atoms with Crippen molar-refractivity contribution >= 4 is 45.1 Å². The Morgan fingerprint density at radius 2 is 2.26 bits per heavy atom. The first kappa shape index (κ1) is 16.4. The van der Waals surface area contributed by atoms with Crippen molar-refractivity contribution in [3.63, 3.8) is 0 Å². The first-order valence-electron chi connectivity index (χ1n) is 7.22. The molecule has 0 aliphatic carbocycles. The fourth-order valence-corrected chi connectivity index (χ4v) is 3.64.